The van der Waals surface area contributed by atoms with Gasteiger partial charge in [0.05, 0.1) is 0 Å². The summed E-state index contributed by atoms with van der Waals surface area (Å²) in [7, 11) is 2.34. The zero-order valence-electron chi connectivity index (χ0n) is 12.2. The van der Waals surface area contributed by atoms with Crippen molar-refractivity contribution < 1.29 is 0 Å². The zero-order chi connectivity index (χ0) is 12.5. The van der Waals surface area contributed by atoms with E-state index in [9.17, 15) is 0 Å². The molecule has 104 valence electrons. The van der Waals surface area contributed by atoms with Crippen molar-refractivity contribution in [3.8, 4) is 0 Å². The Labute approximate surface area is 113 Å². The number of nitrogens with one attached hydrogen (secondary N) is 1. The van der Waals surface area contributed by atoms with Crippen LogP contribution >= 0.6 is 0 Å². The molecule has 3 fully saturated rings. The summed E-state index contributed by atoms with van der Waals surface area (Å²) in [5.41, 5.74) is 0. The minimum Gasteiger partial charge on any atom is -0.312 e. The molecule has 0 aromatic carbocycles. The zero-order valence-corrected chi connectivity index (χ0v) is 12.2. The van der Waals surface area contributed by atoms with Gasteiger partial charge in [0.25, 0.3) is 0 Å². The molecule has 1 heterocycles. The molecule has 1 N–H and O–H groups in total. The van der Waals surface area contributed by atoms with Gasteiger partial charge in [-0.15, -0.1) is 0 Å². The van der Waals surface area contributed by atoms with E-state index < -0.39 is 0 Å². The molecule has 5 atom stereocenters. The van der Waals surface area contributed by atoms with E-state index in [4.69, 9.17) is 0 Å². The van der Waals surface area contributed by atoms with Crippen molar-refractivity contribution in [1.82, 2.24) is 10.2 Å². The fourth-order valence-electron chi connectivity index (χ4n) is 4.77. The number of fused-ring (bicyclic) bond motifs is 2. The fourth-order valence-corrected chi connectivity index (χ4v) is 4.77. The number of piperidine rings is 1. The summed E-state index contributed by atoms with van der Waals surface area (Å²) in [6, 6.07) is 0.738. The Hall–Kier alpha value is -0.0800. The summed E-state index contributed by atoms with van der Waals surface area (Å²) in [6.07, 6.45) is 8.93. The third-order valence-electron chi connectivity index (χ3n) is 5.87. The Morgan fingerprint density at radius 2 is 2.00 bits per heavy atom. The molecular weight excluding hydrogens is 220 g/mol. The molecule has 3 aliphatic rings. The van der Waals surface area contributed by atoms with E-state index in [2.05, 4.69) is 24.2 Å². The van der Waals surface area contributed by atoms with Crippen LogP contribution in [0, 0.1) is 23.7 Å². The van der Waals surface area contributed by atoms with Crippen LogP contribution in [0.1, 0.15) is 45.4 Å². The molecule has 3 rings (SSSR count). The first kappa shape index (κ1) is 12.9. The Bertz CT molecular complexity index is 274. The minimum absolute atomic E-state index is 0.738. The average Bonchev–Trinajstić information content (AvgIpc) is 2.94. The third-order valence-corrected chi connectivity index (χ3v) is 5.87. The van der Waals surface area contributed by atoms with Crippen molar-refractivity contribution in [2.45, 2.75) is 51.5 Å². The first-order valence-electron chi connectivity index (χ1n) is 8.14. The molecule has 0 amide bonds. The number of likely N-dealkylation sites (N-methyl/N-ethyl adjacent to an activating group) is 1. The predicted octanol–water partition coefficient (Wildman–Crippen LogP) is 2.74. The number of rotatable bonds is 4. The largest absolute Gasteiger partial charge is 0.312 e. The van der Waals surface area contributed by atoms with Crippen LogP contribution in [0.15, 0.2) is 0 Å². The van der Waals surface area contributed by atoms with Crippen LogP contribution in [0.4, 0.5) is 0 Å². The van der Waals surface area contributed by atoms with Crippen molar-refractivity contribution in [1.29, 1.82) is 0 Å². The van der Waals surface area contributed by atoms with Gasteiger partial charge in [0.15, 0.2) is 0 Å². The van der Waals surface area contributed by atoms with E-state index in [1.165, 1.54) is 51.7 Å². The summed E-state index contributed by atoms with van der Waals surface area (Å²) in [5, 5.41) is 3.72. The summed E-state index contributed by atoms with van der Waals surface area (Å²) in [6.45, 7) is 6.26. The fraction of sp³-hybridized carbons (Fsp3) is 1.00. The number of nitrogens with zero attached hydrogens (tertiary/aromatic N) is 1. The lowest BCUT2D eigenvalue weighted by atomic mass is 9.88. The summed E-state index contributed by atoms with van der Waals surface area (Å²) >= 11 is 0. The molecule has 0 aromatic rings. The van der Waals surface area contributed by atoms with Crippen LogP contribution < -0.4 is 5.32 Å². The van der Waals surface area contributed by atoms with Crippen LogP contribution in [0.2, 0.25) is 0 Å². The summed E-state index contributed by atoms with van der Waals surface area (Å²) < 4.78 is 0. The average molecular weight is 250 g/mol. The van der Waals surface area contributed by atoms with E-state index in [1.807, 2.05) is 0 Å². The van der Waals surface area contributed by atoms with Crippen LogP contribution in [0.3, 0.4) is 0 Å². The highest BCUT2D eigenvalue weighted by molar-refractivity contribution is 4.91. The molecule has 0 radical (unpaired) electrons. The molecule has 2 bridgehead atoms. The van der Waals surface area contributed by atoms with Gasteiger partial charge in [-0.3, -0.25) is 0 Å². The van der Waals surface area contributed by atoms with Gasteiger partial charge in [0.1, 0.15) is 0 Å². The highest BCUT2D eigenvalue weighted by Gasteiger charge is 2.39. The van der Waals surface area contributed by atoms with E-state index in [1.54, 1.807) is 6.42 Å². The summed E-state index contributed by atoms with van der Waals surface area (Å²) in [4.78, 5) is 2.62. The maximum Gasteiger partial charge on any atom is 0.0220 e. The molecule has 1 saturated heterocycles. The second kappa shape index (κ2) is 5.50. The molecule has 5 unspecified atom stereocenters. The quantitative estimate of drug-likeness (QED) is 0.825. The topological polar surface area (TPSA) is 15.3 Å². The Morgan fingerprint density at radius 1 is 1.11 bits per heavy atom. The molecule has 1 aliphatic heterocycles. The van der Waals surface area contributed by atoms with Gasteiger partial charge in [0, 0.05) is 19.1 Å². The lowest BCUT2D eigenvalue weighted by Gasteiger charge is -2.35. The second-order valence-corrected chi connectivity index (χ2v) is 7.34. The maximum absolute atomic E-state index is 3.72. The summed E-state index contributed by atoms with van der Waals surface area (Å²) in [5.74, 6) is 4.06. The van der Waals surface area contributed by atoms with Crippen molar-refractivity contribution in [2.24, 2.45) is 23.7 Å². The molecule has 2 saturated carbocycles. The van der Waals surface area contributed by atoms with Crippen LogP contribution in [0.25, 0.3) is 0 Å². The van der Waals surface area contributed by atoms with Crippen molar-refractivity contribution in [2.75, 3.05) is 26.7 Å². The minimum atomic E-state index is 0.738. The van der Waals surface area contributed by atoms with E-state index in [-0.39, 0.29) is 0 Å². The Morgan fingerprint density at radius 3 is 2.67 bits per heavy atom. The lowest BCUT2D eigenvalue weighted by molar-refractivity contribution is 0.174. The third kappa shape index (κ3) is 2.75. The van der Waals surface area contributed by atoms with E-state index in [0.29, 0.717) is 0 Å². The predicted molar refractivity (Wildman–Crippen MR) is 76.6 cm³/mol. The highest BCUT2D eigenvalue weighted by atomic mass is 15.1. The smallest absolute Gasteiger partial charge is 0.0220 e. The molecule has 2 nitrogen and oxygen atoms in total. The van der Waals surface area contributed by atoms with Crippen molar-refractivity contribution in [3.63, 3.8) is 0 Å². The van der Waals surface area contributed by atoms with Gasteiger partial charge >= 0.3 is 0 Å². The van der Waals surface area contributed by atoms with Crippen LogP contribution in [-0.2, 0) is 0 Å². The SMILES string of the molecule is CC1CCCNC1CN(C)CC1CC2CCC1C2. The standard InChI is InChI=1S/C16H30N2/c1-12-4-3-7-17-16(12)11-18(2)10-15-9-13-5-6-14(15)8-13/h12-17H,3-11H2,1-2H3. The van der Waals surface area contributed by atoms with Crippen molar-refractivity contribution in [3.05, 3.63) is 0 Å². The second-order valence-electron chi connectivity index (χ2n) is 7.34. The van der Waals surface area contributed by atoms with Gasteiger partial charge in [-0.05, 0) is 69.4 Å². The molecular formula is C16H30N2. The Balaban J connectivity index is 1.45. The molecule has 18 heavy (non-hydrogen) atoms. The molecule has 2 heteroatoms. The van der Waals surface area contributed by atoms with Gasteiger partial charge < -0.3 is 10.2 Å². The maximum atomic E-state index is 3.72. The lowest BCUT2D eigenvalue weighted by Crippen LogP contribution is -2.48. The highest BCUT2D eigenvalue weighted by Crippen LogP contribution is 2.48. The van der Waals surface area contributed by atoms with Gasteiger partial charge in [-0.1, -0.05) is 13.3 Å². The van der Waals surface area contributed by atoms with Crippen LogP contribution in [-0.4, -0.2) is 37.6 Å². The first-order chi connectivity index (χ1) is 8.72. The normalized spacial score (nSPS) is 43.8. The van der Waals surface area contributed by atoms with Crippen molar-refractivity contribution >= 4 is 0 Å². The number of hydrogen-bond acceptors (Lipinski definition) is 2. The molecule has 2 aliphatic carbocycles. The van der Waals surface area contributed by atoms with E-state index in [0.717, 1.165) is 29.7 Å². The number of hydrogen-bond donors (Lipinski definition) is 1. The van der Waals surface area contributed by atoms with Crippen LogP contribution in [0.5, 0.6) is 0 Å². The Kier molecular flexibility index (Phi) is 3.95. The van der Waals surface area contributed by atoms with Gasteiger partial charge in [-0.25, -0.2) is 0 Å². The van der Waals surface area contributed by atoms with E-state index >= 15 is 0 Å². The van der Waals surface area contributed by atoms with Gasteiger partial charge in [0.2, 0.25) is 0 Å². The monoisotopic (exact) mass is 250 g/mol. The first-order valence-corrected chi connectivity index (χ1v) is 8.14. The molecule has 0 aromatic heterocycles. The van der Waals surface area contributed by atoms with Gasteiger partial charge in [-0.2, -0.15) is 0 Å². The molecule has 0 spiro atoms.